The van der Waals surface area contributed by atoms with E-state index in [1.165, 1.54) is 26.2 Å². The minimum atomic E-state index is -1.60. The Labute approximate surface area is 164 Å². The minimum Gasteiger partial charge on any atom is -0.467 e. The molecule has 0 aliphatic carbocycles. The van der Waals surface area contributed by atoms with E-state index < -0.39 is 42.8 Å². The van der Waals surface area contributed by atoms with Crippen LogP contribution in [0.15, 0.2) is 24.3 Å². The SMILES string of the molecule is COC(=O)C(C)NC(=O)C(Cc1ccc(B(O)O)cc1)NC(=O)OC(C)(C)C. The Kier molecular flexibility index (Phi) is 8.46. The summed E-state index contributed by atoms with van der Waals surface area (Å²) in [5.74, 6) is -1.21. The normalized spacial score (nSPS) is 13.1. The largest absolute Gasteiger partial charge is 0.488 e. The van der Waals surface area contributed by atoms with Gasteiger partial charge in [0.2, 0.25) is 5.91 Å². The molecule has 1 aromatic carbocycles. The second-order valence-corrected chi connectivity index (χ2v) is 7.27. The van der Waals surface area contributed by atoms with Crippen molar-refractivity contribution in [3.05, 3.63) is 29.8 Å². The van der Waals surface area contributed by atoms with E-state index >= 15 is 0 Å². The van der Waals surface area contributed by atoms with Crippen LogP contribution in [0.3, 0.4) is 0 Å². The van der Waals surface area contributed by atoms with Gasteiger partial charge in [0.05, 0.1) is 7.11 Å². The number of nitrogens with one attached hydrogen (secondary N) is 2. The fraction of sp³-hybridized carbons (Fsp3) is 0.500. The monoisotopic (exact) mass is 394 g/mol. The van der Waals surface area contributed by atoms with Gasteiger partial charge in [-0.15, -0.1) is 0 Å². The number of esters is 1. The number of amides is 2. The maximum absolute atomic E-state index is 12.6. The van der Waals surface area contributed by atoms with Crippen LogP contribution in [0.25, 0.3) is 0 Å². The first kappa shape index (κ1) is 23.5. The molecule has 2 atom stereocenters. The lowest BCUT2D eigenvalue weighted by Gasteiger charge is -2.24. The highest BCUT2D eigenvalue weighted by molar-refractivity contribution is 6.58. The highest BCUT2D eigenvalue weighted by Crippen LogP contribution is 2.09. The number of hydrogen-bond donors (Lipinski definition) is 4. The van der Waals surface area contributed by atoms with Gasteiger partial charge in [0.1, 0.15) is 17.7 Å². The van der Waals surface area contributed by atoms with Crippen molar-refractivity contribution < 1.29 is 33.9 Å². The lowest BCUT2D eigenvalue weighted by atomic mass is 9.80. The van der Waals surface area contributed by atoms with E-state index in [-0.39, 0.29) is 6.42 Å². The van der Waals surface area contributed by atoms with Gasteiger partial charge in [-0.1, -0.05) is 24.3 Å². The smallest absolute Gasteiger partial charge is 0.467 e. The third-order valence-corrected chi connectivity index (χ3v) is 3.64. The van der Waals surface area contributed by atoms with E-state index in [2.05, 4.69) is 15.4 Å². The molecule has 2 amide bonds. The van der Waals surface area contributed by atoms with Crippen LogP contribution in [0.4, 0.5) is 4.79 Å². The van der Waals surface area contributed by atoms with Gasteiger partial charge in [0, 0.05) is 6.42 Å². The molecule has 2 unspecified atom stereocenters. The average Bonchev–Trinajstić information content (AvgIpc) is 2.59. The van der Waals surface area contributed by atoms with Crippen molar-refractivity contribution in [2.45, 2.75) is 51.8 Å². The summed E-state index contributed by atoms with van der Waals surface area (Å²) < 4.78 is 9.77. The maximum atomic E-state index is 12.6. The van der Waals surface area contributed by atoms with Crippen LogP contribution in [0.5, 0.6) is 0 Å². The van der Waals surface area contributed by atoms with Crippen LogP contribution in [0.2, 0.25) is 0 Å². The van der Waals surface area contributed by atoms with E-state index in [4.69, 9.17) is 14.8 Å². The maximum Gasteiger partial charge on any atom is 0.488 e. The molecule has 0 aliphatic rings. The molecule has 0 saturated heterocycles. The van der Waals surface area contributed by atoms with Crippen molar-refractivity contribution in [1.82, 2.24) is 10.6 Å². The molecular formula is C18H27BN2O7. The van der Waals surface area contributed by atoms with Crippen molar-refractivity contribution in [1.29, 1.82) is 0 Å². The molecule has 0 aliphatic heterocycles. The van der Waals surface area contributed by atoms with Crippen LogP contribution >= 0.6 is 0 Å². The number of methoxy groups -OCH3 is 1. The van der Waals surface area contributed by atoms with Gasteiger partial charge in [-0.3, -0.25) is 4.79 Å². The first-order chi connectivity index (χ1) is 12.9. The first-order valence-electron chi connectivity index (χ1n) is 8.75. The predicted octanol–water partition coefficient (Wildman–Crippen LogP) is -0.520. The van der Waals surface area contributed by atoms with Crippen molar-refractivity contribution in [3.8, 4) is 0 Å². The van der Waals surface area contributed by atoms with E-state index in [1.54, 1.807) is 32.9 Å². The summed E-state index contributed by atoms with van der Waals surface area (Å²) in [4.78, 5) is 36.2. The molecule has 4 N–H and O–H groups in total. The zero-order valence-corrected chi connectivity index (χ0v) is 16.7. The number of rotatable bonds is 7. The molecule has 28 heavy (non-hydrogen) atoms. The van der Waals surface area contributed by atoms with Gasteiger partial charge in [-0.2, -0.15) is 0 Å². The molecule has 0 bridgehead atoms. The molecule has 0 heterocycles. The van der Waals surface area contributed by atoms with E-state index in [0.717, 1.165) is 0 Å². The highest BCUT2D eigenvalue weighted by Gasteiger charge is 2.27. The van der Waals surface area contributed by atoms with E-state index in [0.29, 0.717) is 11.0 Å². The Morgan fingerprint density at radius 2 is 1.68 bits per heavy atom. The summed E-state index contributed by atoms with van der Waals surface area (Å²) in [6.45, 7) is 6.55. The molecule has 10 heteroatoms. The second kappa shape index (κ2) is 10.1. The quantitative estimate of drug-likeness (QED) is 0.361. The number of carbonyl (C=O) groups excluding carboxylic acids is 3. The topological polar surface area (TPSA) is 134 Å². The number of ether oxygens (including phenoxy) is 2. The Bertz CT molecular complexity index is 686. The Morgan fingerprint density at radius 1 is 1.11 bits per heavy atom. The average molecular weight is 394 g/mol. The molecule has 0 aromatic heterocycles. The molecule has 0 radical (unpaired) electrons. The molecule has 0 fully saturated rings. The first-order valence-corrected chi connectivity index (χ1v) is 8.75. The molecule has 1 aromatic rings. The predicted molar refractivity (Wildman–Crippen MR) is 103 cm³/mol. The van der Waals surface area contributed by atoms with Crippen LogP contribution in [-0.2, 0) is 25.5 Å². The molecule has 9 nitrogen and oxygen atoms in total. The molecule has 1 rings (SSSR count). The van der Waals surface area contributed by atoms with Crippen molar-refractivity contribution in [2.75, 3.05) is 7.11 Å². The van der Waals surface area contributed by atoms with Crippen molar-refractivity contribution in [2.24, 2.45) is 0 Å². The van der Waals surface area contributed by atoms with Crippen LogP contribution in [-0.4, -0.2) is 59.9 Å². The Hall–Kier alpha value is -2.59. The third-order valence-electron chi connectivity index (χ3n) is 3.64. The third kappa shape index (κ3) is 7.97. The molecule has 154 valence electrons. The highest BCUT2D eigenvalue weighted by atomic mass is 16.6. The van der Waals surface area contributed by atoms with Crippen molar-refractivity contribution in [3.63, 3.8) is 0 Å². The van der Waals surface area contributed by atoms with Gasteiger partial charge in [0.15, 0.2) is 0 Å². The molecular weight excluding hydrogens is 367 g/mol. The summed E-state index contributed by atoms with van der Waals surface area (Å²) >= 11 is 0. The Morgan fingerprint density at radius 3 is 2.14 bits per heavy atom. The van der Waals surface area contributed by atoms with E-state index in [1.807, 2.05) is 0 Å². The van der Waals surface area contributed by atoms with Crippen LogP contribution in [0.1, 0.15) is 33.3 Å². The second-order valence-electron chi connectivity index (χ2n) is 7.27. The van der Waals surface area contributed by atoms with Gasteiger partial charge < -0.3 is 30.2 Å². The lowest BCUT2D eigenvalue weighted by molar-refractivity contribution is -0.144. The molecule has 0 spiro atoms. The summed E-state index contributed by atoms with van der Waals surface area (Å²) in [5.41, 5.74) is 0.207. The summed E-state index contributed by atoms with van der Waals surface area (Å²) in [5, 5.41) is 23.3. The zero-order valence-electron chi connectivity index (χ0n) is 16.7. The minimum absolute atomic E-state index is 0.0980. The molecule has 0 saturated carbocycles. The van der Waals surface area contributed by atoms with Gasteiger partial charge in [-0.05, 0) is 38.7 Å². The van der Waals surface area contributed by atoms with Crippen LogP contribution in [0, 0.1) is 0 Å². The fourth-order valence-corrected chi connectivity index (χ4v) is 2.27. The number of benzene rings is 1. The number of alkyl carbamates (subject to hydrolysis) is 1. The lowest BCUT2D eigenvalue weighted by Crippen LogP contribution is -2.52. The Balaban J connectivity index is 2.94. The summed E-state index contributed by atoms with van der Waals surface area (Å²) in [6, 6.07) is 4.30. The van der Waals surface area contributed by atoms with Crippen molar-refractivity contribution >= 4 is 30.6 Å². The van der Waals surface area contributed by atoms with Gasteiger partial charge in [-0.25, -0.2) is 9.59 Å². The van der Waals surface area contributed by atoms with E-state index in [9.17, 15) is 14.4 Å². The standard InChI is InChI=1S/C18H27BN2O7/c1-11(16(23)27-5)20-15(22)14(21-17(24)28-18(2,3)4)10-12-6-8-13(9-7-12)19(25)26/h6-9,11,14,25-26H,10H2,1-5H3,(H,20,22)(H,21,24). The van der Waals surface area contributed by atoms with Gasteiger partial charge >= 0.3 is 19.2 Å². The van der Waals surface area contributed by atoms with Crippen LogP contribution < -0.4 is 16.1 Å². The zero-order chi connectivity index (χ0) is 21.5. The number of hydrogen-bond acceptors (Lipinski definition) is 7. The summed E-state index contributed by atoms with van der Waals surface area (Å²) in [7, 11) is -0.396. The fourth-order valence-electron chi connectivity index (χ4n) is 2.27. The van der Waals surface area contributed by atoms with Gasteiger partial charge in [0.25, 0.3) is 0 Å². The summed E-state index contributed by atoms with van der Waals surface area (Å²) in [6.07, 6.45) is -0.679. The number of carbonyl (C=O) groups is 3.